The smallest absolute Gasteiger partial charge is 0.0718 e. The Morgan fingerprint density at radius 2 is 1.95 bits per heavy atom. The molecule has 3 heteroatoms. The van der Waals surface area contributed by atoms with Crippen LogP contribution >= 0.6 is 0 Å². The lowest BCUT2D eigenvalue weighted by Gasteiger charge is -2.14. The third-order valence-corrected chi connectivity index (χ3v) is 3.25. The second kappa shape index (κ2) is 9.70. The van der Waals surface area contributed by atoms with E-state index in [1.807, 2.05) is 0 Å². The molecule has 0 aliphatic carbocycles. The third kappa shape index (κ3) is 5.87. The molecule has 1 aromatic carbocycles. The molecule has 0 bridgehead atoms. The van der Waals surface area contributed by atoms with Crippen molar-refractivity contribution in [3.05, 3.63) is 41.0 Å². The van der Waals surface area contributed by atoms with Crippen molar-refractivity contribution in [2.75, 3.05) is 33.9 Å². The summed E-state index contributed by atoms with van der Waals surface area (Å²) in [5.74, 6) is 0.514. The zero-order valence-corrected chi connectivity index (χ0v) is 13.1. The zero-order chi connectivity index (χ0) is 14.8. The van der Waals surface area contributed by atoms with Crippen molar-refractivity contribution >= 4 is 6.08 Å². The normalized spacial score (nSPS) is 12.2. The number of hydrogen-bond acceptors (Lipinski definition) is 3. The summed E-state index contributed by atoms with van der Waals surface area (Å²) in [5, 5.41) is 3.41. The Bertz CT molecular complexity index is 413. The average Bonchev–Trinajstić information content (AvgIpc) is 2.44. The molecule has 0 fully saturated rings. The van der Waals surface area contributed by atoms with Gasteiger partial charge in [-0.3, -0.25) is 0 Å². The molecule has 0 amide bonds. The Kier molecular flexibility index (Phi) is 8.19. The SMILES string of the molecule is COCCNCC(=Cc1ccccc1COC)C(C)C. The highest BCUT2D eigenvalue weighted by Gasteiger charge is 2.05. The van der Waals surface area contributed by atoms with Crippen LogP contribution in [0.4, 0.5) is 0 Å². The van der Waals surface area contributed by atoms with Crippen LogP contribution in [0.5, 0.6) is 0 Å². The van der Waals surface area contributed by atoms with Gasteiger partial charge in [-0.15, -0.1) is 0 Å². The molecule has 0 radical (unpaired) electrons. The summed E-state index contributed by atoms with van der Waals surface area (Å²) < 4.78 is 10.3. The van der Waals surface area contributed by atoms with Crippen LogP contribution in [0.3, 0.4) is 0 Å². The quantitative estimate of drug-likeness (QED) is 0.704. The van der Waals surface area contributed by atoms with Crippen molar-refractivity contribution in [2.24, 2.45) is 5.92 Å². The lowest BCUT2D eigenvalue weighted by molar-refractivity contribution is 0.184. The molecular weight excluding hydrogens is 250 g/mol. The summed E-state index contributed by atoms with van der Waals surface area (Å²) in [6.07, 6.45) is 2.28. The highest BCUT2D eigenvalue weighted by molar-refractivity contribution is 5.57. The number of methoxy groups -OCH3 is 2. The largest absolute Gasteiger partial charge is 0.383 e. The van der Waals surface area contributed by atoms with Crippen LogP contribution in [0.25, 0.3) is 6.08 Å². The second-order valence-corrected chi connectivity index (χ2v) is 5.18. The van der Waals surface area contributed by atoms with Crippen molar-refractivity contribution in [2.45, 2.75) is 20.5 Å². The Balaban J connectivity index is 2.79. The van der Waals surface area contributed by atoms with Gasteiger partial charge < -0.3 is 14.8 Å². The first-order chi connectivity index (χ1) is 9.69. The fourth-order valence-electron chi connectivity index (χ4n) is 1.99. The first kappa shape index (κ1) is 16.9. The summed E-state index contributed by atoms with van der Waals surface area (Å²) >= 11 is 0. The molecule has 0 aliphatic rings. The van der Waals surface area contributed by atoms with Crippen molar-refractivity contribution < 1.29 is 9.47 Å². The number of hydrogen-bond donors (Lipinski definition) is 1. The molecule has 0 atom stereocenters. The van der Waals surface area contributed by atoms with Crippen molar-refractivity contribution in [3.8, 4) is 0 Å². The van der Waals surface area contributed by atoms with Gasteiger partial charge in [0.05, 0.1) is 13.2 Å². The molecule has 0 spiro atoms. The lowest BCUT2D eigenvalue weighted by atomic mass is 9.98. The van der Waals surface area contributed by atoms with E-state index in [0.717, 1.165) is 19.7 Å². The molecule has 1 rings (SSSR count). The van der Waals surface area contributed by atoms with E-state index in [0.29, 0.717) is 12.5 Å². The standard InChI is InChI=1S/C17H27NO2/c1-14(2)17(12-18-9-10-19-3)11-15-7-5-6-8-16(15)13-20-4/h5-8,11,14,18H,9-10,12-13H2,1-4H3. The van der Waals surface area contributed by atoms with Crippen LogP contribution in [0, 0.1) is 5.92 Å². The van der Waals surface area contributed by atoms with E-state index in [1.54, 1.807) is 14.2 Å². The fraction of sp³-hybridized carbons (Fsp3) is 0.529. The number of benzene rings is 1. The van der Waals surface area contributed by atoms with Crippen LogP contribution in [-0.4, -0.2) is 33.9 Å². The van der Waals surface area contributed by atoms with Gasteiger partial charge in [-0.05, 0) is 17.0 Å². The molecule has 0 heterocycles. The number of ether oxygens (including phenoxy) is 2. The molecule has 20 heavy (non-hydrogen) atoms. The first-order valence-corrected chi connectivity index (χ1v) is 7.16. The maximum Gasteiger partial charge on any atom is 0.0718 e. The van der Waals surface area contributed by atoms with Crippen molar-refractivity contribution in [1.29, 1.82) is 0 Å². The van der Waals surface area contributed by atoms with Gasteiger partial charge in [0.1, 0.15) is 0 Å². The summed E-state index contributed by atoms with van der Waals surface area (Å²) in [4.78, 5) is 0. The van der Waals surface area contributed by atoms with Crippen LogP contribution in [0.1, 0.15) is 25.0 Å². The Hall–Kier alpha value is -1.16. The zero-order valence-electron chi connectivity index (χ0n) is 13.1. The molecule has 3 nitrogen and oxygen atoms in total. The van der Waals surface area contributed by atoms with Gasteiger partial charge in [0.15, 0.2) is 0 Å². The highest BCUT2D eigenvalue weighted by atomic mass is 16.5. The van der Waals surface area contributed by atoms with Gasteiger partial charge in [0, 0.05) is 27.3 Å². The average molecular weight is 277 g/mol. The fourth-order valence-corrected chi connectivity index (χ4v) is 1.99. The van der Waals surface area contributed by atoms with Crippen LogP contribution in [0.15, 0.2) is 29.8 Å². The Labute approximate surface area is 123 Å². The number of rotatable bonds is 9. The Morgan fingerprint density at radius 1 is 1.20 bits per heavy atom. The minimum absolute atomic E-state index is 0.514. The van der Waals surface area contributed by atoms with Gasteiger partial charge in [0.2, 0.25) is 0 Å². The number of nitrogens with one attached hydrogen (secondary N) is 1. The molecule has 1 N–H and O–H groups in total. The van der Waals surface area contributed by atoms with Gasteiger partial charge in [-0.2, -0.15) is 0 Å². The summed E-state index contributed by atoms with van der Waals surface area (Å²) in [6, 6.07) is 8.39. The first-order valence-electron chi connectivity index (χ1n) is 7.16. The summed E-state index contributed by atoms with van der Waals surface area (Å²) in [5.41, 5.74) is 3.86. The Morgan fingerprint density at radius 3 is 2.60 bits per heavy atom. The van der Waals surface area contributed by atoms with Gasteiger partial charge >= 0.3 is 0 Å². The molecule has 0 aromatic heterocycles. The van der Waals surface area contributed by atoms with E-state index in [-0.39, 0.29) is 0 Å². The van der Waals surface area contributed by atoms with Gasteiger partial charge in [0.25, 0.3) is 0 Å². The van der Waals surface area contributed by atoms with Crippen LogP contribution in [-0.2, 0) is 16.1 Å². The minimum Gasteiger partial charge on any atom is -0.383 e. The maximum atomic E-state index is 5.26. The molecule has 1 aromatic rings. The molecule has 112 valence electrons. The summed E-state index contributed by atoms with van der Waals surface area (Å²) in [6.45, 7) is 7.61. The van der Waals surface area contributed by atoms with Crippen LogP contribution < -0.4 is 5.32 Å². The van der Waals surface area contributed by atoms with E-state index in [2.05, 4.69) is 49.5 Å². The maximum absolute atomic E-state index is 5.26. The molecule has 0 saturated heterocycles. The highest BCUT2D eigenvalue weighted by Crippen LogP contribution is 2.18. The third-order valence-electron chi connectivity index (χ3n) is 3.25. The van der Waals surface area contributed by atoms with Crippen LogP contribution in [0.2, 0.25) is 0 Å². The molecule has 0 aliphatic heterocycles. The van der Waals surface area contributed by atoms with Gasteiger partial charge in [-0.25, -0.2) is 0 Å². The summed E-state index contributed by atoms with van der Waals surface area (Å²) in [7, 11) is 3.46. The lowest BCUT2D eigenvalue weighted by Crippen LogP contribution is -2.23. The topological polar surface area (TPSA) is 30.5 Å². The minimum atomic E-state index is 0.514. The van der Waals surface area contributed by atoms with E-state index >= 15 is 0 Å². The monoisotopic (exact) mass is 277 g/mol. The van der Waals surface area contributed by atoms with Crippen molar-refractivity contribution in [1.82, 2.24) is 5.32 Å². The molecule has 0 saturated carbocycles. The predicted octanol–water partition coefficient (Wildman–Crippen LogP) is 3.11. The van der Waals surface area contributed by atoms with E-state index < -0.39 is 0 Å². The van der Waals surface area contributed by atoms with E-state index in [9.17, 15) is 0 Å². The predicted molar refractivity (Wildman–Crippen MR) is 84.7 cm³/mol. The van der Waals surface area contributed by atoms with Crippen molar-refractivity contribution in [3.63, 3.8) is 0 Å². The molecule has 0 unspecified atom stereocenters. The molecular formula is C17H27NO2. The van der Waals surface area contributed by atoms with E-state index in [1.165, 1.54) is 16.7 Å². The van der Waals surface area contributed by atoms with E-state index in [4.69, 9.17) is 9.47 Å². The second-order valence-electron chi connectivity index (χ2n) is 5.18. The van der Waals surface area contributed by atoms with Gasteiger partial charge in [-0.1, -0.05) is 49.8 Å².